The van der Waals surface area contributed by atoms with Gasteiger partial charge in [0.2, 0.25) is 0 Å². The number of hydrogen-bond donors (Lipinski definition) is 1. The Kier molecular flexibility index (Phi) is 5.53. The number of hydrogen-bond acceptors (Lipinski definition) is 2. The van der Waals surface area contributed by atoms with E-state index in [1.54, 1.807) is 7.11 Å². The number of methoxy groups -OCH3 is 1. The summed E-state index contributed by atoms with van der Waals surface area (Å²) >= 11 is 0. The second kappa shape index (κ2) is 6.94. The van der Waals surface area contributed by atoms with Gasteiger partial charge in [0.25, 0.3) is 0 Å². The second-order valence-corrected chi connectivity index (χ2v) is 4.10. The molecule has 0 saturated carbocycles. The van der Waals surface area contributed by atoms with Gasteiger partial charge in [-0.25, -0.2) is 0 Å². The third kappa shape index (κ3) is 4.47. The zero-order valence-electron chi connectivity index (χ0n) is 10.5. The van der Waals surface area contributed by atoms with E-state index in [4.69, 9.17) is 9.84 Å². The highest BCUT2D eigenvalue weighted by atomic mass is 16.5. The smallest absolute Gasteiger partial charge is 0.303 e. The Morgan fingerprint density at radius 2 is 2.12 bits per heavy atom. The van der Waals surface area contributed by atoms with E-state index in [2.05, 4.69) is 19.1 Å². The van der Waals surface area contributed by atoms with Crippen molar-refractivity contribution in [3.63, 3.8) is 0 Å². The molecule has 0 aliphatic rings. The number of benzene rings is 1. The van der Waals surface area contributed by atoms with Crippen molar-refractivity contribution in [2.45, 2.75) is 39.0 Å². The van der Waals surface area contributed by atoms with Crippen LogP contribution in [0.1, 0.15) is 37.3 Å². The molecule has 0 aliphatic carbocycles. The number of carboxylic acids is 1. The van der Waals surface area contributed by atoms with E-state index in [1.807, 2.05) is 6.07 Å². The van der Waals surface area contributed by atoms with Gasteiger partial charge in [-0.3, -0.25) is 4.79 Å². The minimum absolute atomic E-state index is 0.261. The fraction of sp³-hybridized carbons (Fsp3) is 0.500. The van der Waals surface area contributed by atoms with Crippen LogP contribution in [0.4, 0.5) is 0 Å². The van der Waals surface area contributed by atoms with Gasteiger partial charge >= 0.3 is 5.97 Å². The second-order valence-electron chi connectivity index (χ2n) is 4.10. The van der Waals surface area contributed by atoms with E-state index >= 15 is 0 Å². The van der Waals surface area contributed by atoms with Crippen molar-refractivity contribution in [2.24, 2.45) is 0 Å². The molecule has 0 unspecified atom stereocenters. The van der Waals surface area contributed by atoms with Gasteiger partial charge in [0.1, 0.15) is 5.75 Å². The Balaban J connectivity index is 2.51. The molecular formula is C14H20O3. The number of carbonyl (C=O) groups is 1. The molecular weight excluding hydrogens is 216 g/mol. The first kappa shape index (κ1) is 13.6. The van der Waals surface area contributed by atoms with E-state index in [0.29, 0.717) is 0 Å². The number of ether oxygens (including phenoxy) is 1. The van der Waals surface area contributed by atoms with Crippen LogP contribution in [0.2, 0.25) is 0 Å². The zero-order chi connectivity index (χ0) is 12.7. The molecule has 0 radical (unpaired) electrons. The van der Waals surface area contributed by atoms with E-state index in [1.165, 1.54) is 11.1 Å². The van der Waals surface area contributed by atoms with Gasteiger partial charge in [0, 0.05) is 6.42 Å². The predicted octanol–water partition coefficient (Wildman–Crippen LogP) is 3.06. The lowest BCUT2D eigenvalue weighted by atomic mass is 10.0. The van der Waals surface area contributed by atoms with Crippen LogP contribution in [0.5, 0.6) is 5.75 Å². The van der Waals surface area contributed by atoms with Crippen molar-refractivity contribution in [3.8, 4) is 5.75 Å². The molecule has 0 aromatic heterocycles. The monoisotopic (exact) mass is 236 g/mol. The minimum Gasteiger partial charge on any atom is -0.496 e. The van der Waals surface area contributed by atoms with Crippen LogP contribution in [0, 0.1) is 0 Å². The number of aryl methyl sites for hydroxylation is 2. The van der Waals surface area contributed by atoms with Crippen molar-refractivity contribution < 1.29 is 14.6 Å². The summed E-state index contributed by atoms with van der Waals surface area (Å²) < 4.78 is 5.27. The summed E-state index contributed by atoms with van der Waals surface area (Å²) in [6.45, 7) is 2.10. The molecule has 17 heavy (non-hydrogen) atoms. The van der Waals surface area contributed by atoms with Crippen LogP contribution in [-0.4, -0.2) is 18.2 Å². The maximum Gasteiger partial charge on any atom is 0.303 e. The standard InChI is InChI=1S/C14H20O3/c1-3-12-10-11(8-9-13(12)17-2)6-4-5-7-14(15)16/h8-10H,3-7H2,1-2H3,(H,15,16). The predicted molar refractivity (Wildman–Crippen MR) is 67.6 cm³/mol. The van der Waals surface area contributed by atoms with Crippen molar-refractivity contribution >= 4 is 5.97 Å². The molecule has 0 aliphatic heterocycles. The first-order chi connectivity index (χ1) is 8.17. The van der Waals surface area contributed by atoms with E-state index in [-0.39, 0.29) is 6.42 Å². The fourth-order valence-electron chi connectivity index (χ4n) is 1.87. The van der Waals surface area contributed by atoms with Crippen LogP contribution in [0.15, 0.2) is 18.2 Å². The highest BCUT2D eigenvalue weighted by Crippen LogP contribution is 2.21. The Labute approximate surface area is 102 Å². The molecule has 0 spiro atoms. The van der Waals surface area contributed by atoms with Gasteiger partial charge in [-0.05, 0) is 42.9 Å². The lowest BCUT2D eigenvalue weighted by Gasteiger charge is -2.09. The van der Waals surface area contributed by atoms with Crippen molar-refractivity contribution in [1.82, 2.24) is 0 Å². The largest absolute Gasteiger partial charge is 0.496 e. The lowest BCUT2D eigenvalue weighted by molar-refractivity contribution is -0.137. The minimum atomic E-state index is -0.714. The highest BCUT2D eigenvalue weighted by Gasteiger charge is 2.03. The van der Waals surface area contributed by atoms with Gasteiger partial charge in [-0.15, -0.1) is 0 Å². The molecule has 1 rings (SSSR count). The Bertz CT molecular complexity index is 372. The summed E-state index contributed by atoms with van der Waals surface area (Å²) in [5.74, 6) is 0.218. The number of aliphatic carboxylic acids is 1. The summed E-state index contributed by atoms with van der Waals surface area (Å²) in [6, 6.07) is 6.20. The Morgan fingerprint density at radius 1 is 1.35 bits per heavy atom. The first-order valence-corrected chi connectivity index (χ1v) is 6.05. The Hall–Kier alpha value is -1.51. The summed E-state index contributed by atoms with van der Waals surface area (Å²) in [5.41, 5.74) is 2.47. The average molecular weight is 236 g/mol. The molecule has 94 valence electrons. The first-order valence-electron chi connectivity index (χ1n) is 6.05. The maximum atomic E-state index is 10.4. The molecule has 0 atom stereocenters. The van der Waals surface area contributed by atoms with Crippen LogP contribution < -0.4 is 4.74 Å². The van der Waals surface area contributed by atoms with E-state index in [0.717, 1.165) is 31.4 Å². The molecule has 0 saturated heterocycles. The van der Waals surface area contributed by atoms with Gasteiger partial charge in [0.15, 0.2) is 0 Å². The van der Waals surface area contributed by atoms with Gasteiger partial charge in [0.05, 0.1) is 7.11 Å². The normalized spacial score (nSPS) is 10.2. The summed E-state index contributed by atoms with van der Waals surface area (Å²) in [6.07, 6.45) is 3.80. The van der Waals surface area contributed by atoms with Crippen LogP contribution in [0.3, 0.4) is 0 Å². The van der Waals surface area contributed by atoms with Crippen molar-refractivity contribution in [3.05, 3.63) is 29.3 Å². The third-order valence-electron chi connectivity index (χ3n) is 2.83. The van der Waals surface area contributed by atoms with Crippen LogP contribution >= 0.6 is 0 Å². The lowest BCUT2D eigenvalue weighted by Crippen LogP contribution is -1.96. The van der Waals surface area contributed by atoms with E-state index in [9.17, 15) is 4.79 Å². The molecule has 1 N–H and O–H groups in total. The third-order valence-corrected chi connectivity index (χ3v) is 2.83. The van der Waals surface area contributed by atoms with Crippen molar-refractivity contribution in [1.29, 1.82) is 0 Å². The molecule has 0 fully saturated rings. The molecule has 3 nitrogen and oxygen atoms in total. The molecule has 1 aromatic rings. The van der Waals surface area contributed by atoms with Crippen molar-refractivity contribution in [2.75, 3.05) is 7.11 Å². The number of unbranched alkanes of at least 4 members (excludes halogenated alkanes) is 1. The maximum absolute atomic E-state index is 10.4. The average Bonchev–Trinajstić information content (AvgIpc) is 2.34. The van der Waals surface area contributed by atoms with Gasteiger partial charge in [-0.1, -0.05) is 19.1 Å². The van der Waals surface area contributed by atoms with Gasteiger partial charge < -0.3 is 9.84 Å². The molecule has 1 aromatic carbocycles. The fourth-order valence-corrected chi connectivity index (χ4v) is 1.87. The summed E-state index contributed by atoms with van der Waals surface area (Å²) in [7, 11) is 1.68. The topological polar surface area (TPSA) is 46.5 Å². The molecule has 0 amide bonds. The number of carboxylic acid groups (broad SMARTS) is 1. The van der Waals surface area contributed by atoms with Gasteiger partial charge in [-0.2, -0.15) is 0 Å². The van der Waals surface area contributed by atoms with Crippen LogP contribution in [0.25, 0.3) is 0 Å². The summed E-state index contributed by atoms with van der Waals surface area (Å²) in [5, 5.41) is 8.54. The quantitative estimate of drug-likeness (QED) is 0.740. The SMILES string of the molecule is CCc1cc(CCCCC(=O)O)ccc1OC. The highest BCUT2D eigenvalue weighted by molar-refractivity contribution is 5.66. The zero-order valence-corrected chi connectivity index (χ0v) is 10.5. The number of rotatable bonds is 7. The molecule has 3 heteroatoms. The van der Waals surface area contributed by atoms with Crippen LogP contribution in [-0.2, 0) is 17.6 Å². The van der Waals surface area contributed by atoms with E-state index < -0.39 is 5.97 Å². The summed E-state index contributed by atoms with van der Waals surface area (Å²) in [4.78, 5) is 10.4. The molecule has 0 heterocycles. The Morgan fingerprint density at radius 3 is 2.71 bits per heavy atom. The molecule has 0 bridgehead atoms.